The molecule has 0 unspecified atom stereocenters. The highest BCUT2D eigenvalue weighted by molar-refractivity contribution is 6.17. The van der Waals surface area contributed by atoms with E-state index in [1.165, 1.54) is 13.8 Å². The number of carbonyl (C=O) groups excluding carboxylic acids is 1. The third-order valence-electron chi connectivity index (χ3n) is 5.83. The first-order valence-electron chi connectivity index (χ1n) is 10.8. The fourth-order valence-electron chi connectivity index (χ4n) is 3.91. The van der Waals surface area contributed by atoms with Gasteiger partial charge in [0.2, 0.25) is 0 Å². The zero-order valence-electron chi connectivity index (χ0n) is 19.5. The van der Waals surface area contributed by atoms with E-state index in [0.717, 1.165) is 22.2 Å². The van der Waals surface area contributed by atoms with E-state index in [2.05, 4.69) is 4.98 Å². The van der Waals surface area contributed by atoms with Gasteiger partial charge in [-0.3, -0.25) is 9.78 Å². The number of ketones is 1. The van der Waals surface area contributed by atoms with Crippen molar-refractivity contribution in [1.82, 2.24) is 9.55 Å². The summed E-state index contributed by atoms with van der Waals surface area (Å²) in [6.45, 7) is 5.41. The average Bonchev–Trinajstić information content (AvgIpc) is 3.09. The number of carboxylic acid groups (broad SMARTS) is 1. The van der Waals surface area contributed by atoms with Gasteiger partial charge in [0.05, 0.1) is 18.2 Å². The molecule has 0 bridgehead atoms. The van der Waals surface area contributed by atoms with E-state index in [4.69, 9.17) is 9.47 Å². The molecule has 2 heterocycles. The highest BCUT2D eigenvalue weighted by Gasteiger charge is 2.30. The topological polar surface area (TPSA) is 90.7 Å². The highest BCUT2D eigenvalue weighted by Crippen LogP contribution is 2.33. The summed E-state index contributed by atoms with van der Waals surface area (Å²) >= 11 is 0. The summed E-state index contributed by atoms with van der Waals surface area (Å²) in [5, 5.41) is 10.2. The van der Waals surface area contributed by atoms with Crippen molar-refractivity contribution in [3.63, 3.8) is 0 Å². The number of hydrogen-bond donors (Lipinski definition) is 1. The Balaban J connectivity index is 1.85. The number of carboxylic acids is 1. The van der Waals surface area contributed by atoms with Crippen LogP contribution in [0.15, 0.2) is 67.0 Å². The number of aromatic nitrogens is 2. The SMILES string of the molecule is COc1ccc(C(=O)c2c(C)n(Cc3cccnc3)c3cc(OC(C)(C)C(=O)O)ccc23)cc1. The maximum atomic E-state index is 13.6. The Morgan fingerprint density at radius 3 is 2.38 bits per heavy atom. The van der Waals surface area contributed by atoms with Gasteiger partial charge in [-0.05, 0) is 68.8 Å². The monoisotopic (exact) mass is 458 g/mol. The standard InChI is InChI=1S/C27H26N2O5/c1-17-24(25(30)19-7-9-20(33-4)10-8-19)22-12-11-21(34-27(2,3)26(31)32)14-23(22)29(17)16-18-6-5-13-28-15-18/h5-15H,16H2,1-4H3,(H,31,32). The molecule has 0 fully saturated rings. The van der Waals surface area contributed by atoms with E-state index in [1.54, 1.807) is 55.9 Å². The van der Waals surface area contributed by atoms with E-state index in [9.17, 15) is 14.7 Å². The third-order valence-corrected chi connectivity index (χ3v) is 5.83. The first-order valence-corrected chi connectivity index (χ1v) is 10.8. The fraction of sp³-hybridized carbons (Fsp3) is 0.222. The van der Waals surface area contributed by atoms with Crippen LogP contribution in [-0.2, 0) is 11.3 Å². The van der Waals surface area contributed by atoms with E-state index < -0.39 is 11.6 Å². The molecule has 0 amide bonds. The summed E-state index contributed by atoms with van der Waals surface area (Å²) in [7, 11) is 1.58. The quantitative estimate of drug-likeness (QED) is 0.379. The molecule has 2 aromatic heterocycles. The van der Waals surface area contributed by atoms with Crippen molar-refractivity contribution in [2.24, 2.45) is 0 Å². The minimum Gasteiger partial charge on any atom is -0.497 e. The molecule has 0 spiro atoms. The van der Waals surface area contributed by atoms with Crippen molar-refractivity contribution in [2.45, 2.75) is 32.9 Å². The lowest BCUT2D eigenvalue weighted by Gasteiger charge is -2.21. The second-order valence-corrected chi connectivity index (χ2v) is 8.56. The number of methoxy groups -OCH3 is 1. The Kier molecular flexibility index (Phi) is 6.11. The maximum absolute atomic E-state index is 13.6. The molecule has 0 saturated carbocycles. The Morgan fingerprint density at radius 2 is 1.76 bits per heavy atom. The van der Waals surface area contributed by atoms with Gasteiger partial charge in [-0.2, -0.15) is 0 Å². The summed E-state index contributed by atoms with van der Waals surface area (Å²) in [6, 6.07) is 16.1. The number of pyridine rings is 1. The highest BCUT2D eigenvalue weighted by atomic mass is 16.5. The zero-order valence-corrected chi connectivity index (χ0v) is 19.5. The molecular formula is C27H26N2O5. The van der Waals surface area contributed by atoms with Gasteiger partial charge in [0.25, 0.3) is 0 Å². The van der Waals surface area contributed by atoms with Crippen molar-refractivity contribution in [3.05, 3.63) is 89.4 Å². The maximum Gasteiger partial charge on any atom is 0.347 e. The molecule has 4 aromatic rings. The second-order valence-electron chi connectivity index (χ2n) is 8.56. The molecule has 1 N–H and O–H groups in total. The Bertz CT molecular complexity index is 1360. The molecule has 0 saturated heterocycles. The van der Waals surface area contributed by atoms with Crippen LogP contribution in [0.5, 0.6) is 11.5 Å². The van der Waals surface area contributed by atoms with Crippen LogP contribution in [-0.4, -0.2) is 39.1 Å². The summed E-state index contributed by atoms with van der Waals surface area (Å²) in [5.41, 5.74) is 2.30. The number of ether oxygens (including phenoxy) is 2. The lowest BCUT2D eigenvalue weighted by Crippen LogP contribution is -2.37. The molecule has 174 valence electrons. The second kappa shape index (κ2) is 9.02. The number of benzene rings is 2. The molecule has 0 aliphatic carbocycles. The van der Waals surface area contributed by atoms with Crippen LogP contribution < -0.4 is 9.47 Å². The number of hydrogen-bond acceptors (Lipinski definition) is 5. The van der Waals surface area contributed by atoms with Gasteiger partial charge in [0.1, 0.15) is 11.5 Å². The van der Waals surface area contributed by atoms with Crippen molar-refractivity contribution in [2.75, 3.05) is 7.11 Å². The predicted molar refractivity (Wildman–Crippen MR) is 129 cm³/mol. The lowest BCUT2D eigenvalue weighted by molar-refractivity contribution is -0.152. The Hall–Kier alpha value is -4.13. The van der Waals surface area contributed by atoms with Crippen LogP contribution in [0.25, 0.3) is 10.9 Å². The third kappa shape index (κ3) is 4.37. The van der Waals surface area contributed by atoms with Crippen molar-refractivity contribution in [3.8, 4) is 11.5 Å². The van der Waals surface area contributed by atoms with Gasteiger partial charge in [0.15, 0.2) is 11.4 Å². The minimum atomic E-state index is -1.40. The molecular weight excluding hydrogens is 432 g/mol. The van der Waals surface area contributed by atoms with Crippen LogP contribution in [0.4, 0.5) is 0 Å². The number of fused-ring (bicyclic) bond motifs is 1. The Labute approximate surface area is 197 Å². The first-order chi connectivity index (χ1) is 16.2. The first kappa shape index (κ1) is 23.0. The van der Waals surface area contributed by atoms with Crippen molar-refractivity contribution < 1.29 is 24.2 Å². The fourth-order valence-corrected chi connectivity index (χ4v) is 3.91. The number of aliphatic carboxylic acids is 1. The van der Waals surface area contributed by atoms with Gasteiger partial charge in [-0.25, -0.2) is 4.79 Å². The average molecular weight is 459 g/mol. The van der Waals surface area contributed by atoms with Crippen LogP contribution in [0.1, 0.15) is 41.0 Å². The van der Waals surface area contributed by atoms with Gasteiger partial charge in [0, 0.05) is 41.6 Å². The minimum absolute atomic E-state index is 0.102. The van der Waals surface area contributed by atoms with Crippen molar-refractivity contribution in [1.29, 1.82) is 0 Å². The van der Waals surface area contributed by atoms with Gasteiger partial charge in [-0.15, -0.1) is 0 Å². The molecule has 0 radical (unpaired) electrons. The zero-order chi connectivity index (χ0) is 24.5. The molecule has 0 aliphatic heterocycles. The molecule has 4 rings (SSSR count). The lowest BCUT2D eigenvalue weighted by atomic mass is 10.0. The van der Waals surface area contributed by atoms with E-state index in [0.29, 0.717) is 29.2 Å². The van der Waals surface area contributed by atoms with Gasteiger partial charge < -0.3 is 19.1 Å². The normalized spacial score (nSPS) is 11.4. The molecule has 7 heteroatoms. The van der Waals surface area contributed by atoms with E-state index in [1.807, 2.05) is 29.7 Å². The van der Waals surface area contributed by atoms with Crippen LogP contribution in [0, 0.1) is 6.92 Å². The molecule has 2 aromatic carbocycles. The summed E-state index contributed by atoms with van der Waals surface area (Å²) in [6.07, 6.45) is 3.49. The Morgan fingerprint density at radius 1 is 1.06 bits per heavy atom. The predicted octanol–water partition coefficient (Wildman–Crippen LogP) is 4.87. The van der Waals surface area contributed by atoms with Crippen molar-refractivity contribution >= 4 is 22.7 Å². The number of nitrogens with zero attached hydrogens (tertiary/aromatic N) is 2. The number of carbonyl (C=O) groups is 2. The van der Waals surface area contributed by atoms with Crippen LogP contribution >= 0.6 is 0 Å². The smallest absolute Gasteiger partial charge is 0.347 e. The van der Waals surface area contributed by atoms with Gasteiger partial charge in [-0.1, -0.05) is 6.07 Å². The van der Waals surface area contributed by atoms with Crippen LogP contribution in [0.3, 0.4) is 0 Å². The van der Waals surface area contributed by atoms with E-state index in [-0.39, 0.29) is 5.78 Å². The van der Waals surface area contributed by atoms with E-state index >= 15 is 0 Å². The number of rotatable bonds is 8. The summed E-state index contributed by atoms with van der Waals surface area (Å²) in [4.78, 5) is 29.3. The summed E-state index contributed by atoms with van der Waals surface area (Å²) in [5.74, 6) is -0.0806. The largest absolute Gasteiger partial charge is 0.497 e. The molecule has 0 atom stereocenters. The molecule has 34 heavy (non-hydrogen) atoms. The van der Waals surface area contributed by atoms with Gasteiger partial charge >= 0.3 is 5.97 Å². The molecule has 0 aliphatic rings. The summed E-state index contributed by atoms with van der Waals surface area (Å²) < 4.78 is 13.0. The van der Waals surface area contributed by atoms with Crippen LogP contribution in [0.2, 0.25) is 0 Å². The molecule has 7 nitrogen and oxygen atoms in total.